The second kappa shape index (κ2) is 9.44. The topological polar surface area (TPSA) is 76.4 Å². The minimum absolute atomic E-state index is 0.178. The first kappa shape index (κ1) is 12.3. The van der Waals surface area contributed by atoms with E-state index in [9.17, 15) is 4.79 Å². The standard InChI is InChI=1S/C8H19N3O2/c1-13-8(12)2-4-10-6-7-11-5-3-9/h10-11H,2-7,9H2,1H3. The molecule has 0 radical (unpaired) electrons. The lowest BCUT2D eigenvalue weighted by Crippen LogP contribution is -2.31. The van der Waals surface area contributed by atoms with Crippen LogP contribution >= 0.6 is 0 Å². The molecule has 0 atom stereocenters. The molecule has 0 rings (SSSR count). The van der Waals surface area contributed by atoms with Gasteiger partial charge in [0.05, 0.1) is 13.5 Å². The number of hydrogen-bond acceptors (Lipinski definition) is 5. The summed E-state index contributed by atoms with van der Waals surface area (Å²) >= 11 is 0. The molecule has 0 aromatic carbocycles. The van der Waals surface area contributed by atoms with Crippen molar-refractivity contribution in [2.24, 2.45) is 5.73 Å². The summed E-state index contributed by atoms with van der Waals surface area (Å²) in [5.74, 6) is -0.178. The van der Waals surface area contributed by atoms with Gasteiger partial charge < -0.3 is 21.1 Å². The Morgan fingerprint density at radius 3 is 2.38 bits per heavy atom. The molecule has 0 saturated heterocycles. The summed E-state index contributed by atoms with van der Waals surface area (Å²) in [6, 6.07) is 0. The zero-order chi connectivity index (χ0) is 9.94. The second-order valence-electron chi connectivity index (χ2n) is 2.61. The maximum Gasteiger partial charge on any atom is 0.306 e. The van der Waals surface area contributed by atoms with Crippen molar-refractivity contribution < 1.29 is 9.53 Å². The highest BCUT2D eigenvalue weighted by Crippen LogP contribution is 1.79. The minimum Gasteiger partial charge on any atom is -0.469 e. The number of nitrogens with two attached hydrogens (primary N) is 1. The molecule has 0 saturated carbocycles. The van der Waals surface area contributed by atoms with E-state index in [0.29, 0.717) is 19.5 Å². The highest BCUT2D eigenvalue weighted by Gasteiger charge is 1.97. The van der Waals surface area contributed by atoms with Crippen LogP contribution in [-0.2, 0) is 9.53 Å². The fraction of sp³-hybridized carbons (Fsp3) is 0.875. The van der Waals surface area contributed by atoms with Crippen molar-refractivity contribution in [3.8, 4) is 0 Å². The first-order chi connectivity index (χ1) is 6.31. The molecule has 0 aliphatic heterocycles. The van der Waals surface area contributed by atoms with E-state index in [1.807, 2.05) is 0 Å². The van der Waals surface area contributed by atoms with Gasteiger partial charge in [0.15, 0.2) is 0 Å². The quantitative estimate of drug-likeness (QED) is 0.326. The van der Waals surface area contributed by atoms with Gasteiger partial charge in [-0.2, -0.15) is 0 Å². The SMILES string of the molecule is COC(=O)CCNCCNCCN. The van der Waals surface area contributed by atoms with Crippen molar-refractivity contribution in [3.05, 3.63) is 0 Å². The molecule has 0 fully saturated rings. The van der Waals surface area contributed by atoms with E-state index >= 15 is 0 Å². The lowest BCUT2D eigenvalue weighted by Gasteiger charge is -2.04. The fourth-order valence-electron chi connectivity index (χ4n) is 0.821. The van der Waals surface area contributed by atoms with Gasteiger partial charge >= 0.3 is 5.97 Å². The van der Waals surface area contributed by atoms with Crippen LogP contribution in [0.3, 0.4) is 0 Å². The monoisotopic (exact) mass is 189 g/mol. The summed E-state index contributed by atoms with van der Waals surface area (Å²) in [5, 5.41) is 6.24. The number of esters is 1. The first-order valence-corrected chi connectivity index (χ1v) is 4.49. The molecule has 13 heavy (non-hydrogen) atoms. The van der Waals surface area contributed by atoms with Gasteiger partial charge in [-0.1, -0.05) is 0 Å². The largest absolute Gasteiger partial charge is 0.469 e. The molecule has 5 nitrogen and oxygen atoms in total. The Balaban J connectivity index is 2.95. The van der Waals surface area contributed by atoms with Gasteiger partial charge in [-0.05, 0) is 0 Å². The molecule has 0 aliphatic rings. The second-order valence-corrected chi connectivity index (χ2v) is 2.61. The maximum atomic E-state index is 10.7. The van der Waals surface area contributed by atoms with E-state index < -0.39 is 0 Å². The number of methoxy groups -OCH3 is 1. The lowest BCUT2D eigenvalue weighted by atomic mass is 10.4. The predicted octanol–water partition coefficient (Wildman–Crippen LogP) is -1.31. The summed E-state index contributed by atoms with van der Waals surface area (Å²) in [5.41, 5.74) is 5.28. The average molecular weight is 189 g/mol. The third-order valence-electron chi connectivity index (χ3n) is 1.53. The highest BCUT2D eigenvalue weighted by atomic mass is 16.5. The Morgan fingerprint density at radius 1 is 1.23 bits per heavy atom. The molecule has 0 amide bonds. The van der Waals surface area contributed by atoms with Gasteiger partial charge in [-0.15, -0.1) is 0 Å². The van der Waals surface area contributed by atoms with Crippen LogP contribution in [-0.4, -0.2) is 45.8 Å². The van der Waals surface area contributed by atoms with Crippen LogP contribution in [0.1, 0.15) is 6.42 Å². The number of rotatable bonds is 8. The van der Waals surface area contributed by atoms with Crippen LogP contribution < -0.4 is 16.4 Å². The van der Waals surface area contributed by atoms with Crippen LogP contribution in [0.25, 0.3) is 0 Å². The molecular weight excluding hydrogens is 170 g/mol. The van der Waals surface area contributed by atoms with Crippen LogP contribution in [0.2, 0.25) is 0 Å². The normalized spacial score (nSPS) is 10.0. The Bertz CT molecular complexity index is 131. The number of nitrogens with one attached hydrogen (secondary N) is 2. The van der Waals surface area contributed by atoms with Gasteiger partial charge in [0.2, 0.25) is 0 Å². The van der Waals surface area contributed by atoms with Crippen LogP contribution in [0.5, 0.6) is 0 Å². The van der Waals surface area contributed by atoms with E-state index in [-0.39, 0.29) is 5.97 Å². The Hall–Kier alpha value is -0.650. The molecule has 78 valence electrons. The average Bonchev–Trinajstić information content (AvgIpc) is 2.16. The summed E-state index contributed by atoms with van der Waals surface area (Å²) in [6.07, 6.45) is 0.424. The first-order valence-electron chi connectivity index (χ1n) is 4.49. The Kier molecular flexibility index (Phi) is 8.97. The van der Waals surface area contributed by atoms with Crippen LogP contribution in [0, 0.1) is 0 Å². The van der Waals surface area contributed by atoms with E-state index in [4.69, 9.17) is 5.73 Å². The summed E-state index contributed by atoms with van der Waals surface area (Å²) in [7, 11) is 1.39. The van der Waals surface area contributed by atoms with Gasteiger partial charge in [-0.25, -0.2) is 0 Å². The smallest absolute Gasteiger partial charge is 0.306 e. The van der Waals surface area contributed by atoms with Crippen LogP contribution in [0.15, 0.2) is 0 Å². The van der Waals surface area contributed by atoms with E-state index in [1.165, 1.54) is 7.11 Å². The van der Waals surface area contributed by atoms with Crippen molar-refractivity contribution >= 4 is 5.97 Å². The Labute approximate surface area is 79.0 Å². The van der Waals surface area contributed by atoms with Crippen molar-refractivity contribution in [1.29, 1.82) is 0 Å². The van der Waals surface area contributed by atoms with E-state index in [0.717, 1.165) is 19.6 Å². The molecule has 5 heteroatoms. The summed E-state index contributed by atoms with van der Waals surface area (Å²) in [4.78, 5) is 10.7. The number of hydrogen-bond donors (Lipinski definition) is 3. The molecule has 0 aromatic rings. The minimum atomic E-state index is -0.178. The molecule has 0 unspecified atom stereocenters. The zero-order valence-electron chi connectivity index (χ0n) is 8.14. The third kappa shape index (κ3) is 9.26. The van der Waals surface area contributed by atoms with Crippen molar-refractivity contribution in [3.63, 3.8) is 0 Å². The van der Waals surface area contributed by atoms with Crippen molar-refractivity contribution in [2.75, 3.05) is 39.8 Å². The maximum absolute atomic E-state index is 10.7. The molecule has 0 bridgehead atoms. The third-order valence-corrected chi connectivity index (χ3v) is 1.53. The van der Waals surface area contributed by atoms with E-state index in [1.54, 1.807) is 0 Å². The van der Waals surface area contributed by atoms with Crippen molar-refractivity contribution in [2.45, 2.75) is 6.42 Å². The Morgan fingerprint density at radius 2 is 1.85 bits per heavy atom. The summed E-state index contributed by atoms with van der Waals surface area (Å²) in [6.45, 7) is 3.87. The molecule has 0 aliphatic carbocycles. The van der Waals surface area contributed by atoms with Crippen molar-refractivity contribution in [1.82, 2.24) is 10.6 Å². The molecule has 0 aromatic heterocycles. The summed E-state index contributed by atoms with van der Waals surface area (Å²) < 4.78 is 4.48. The highest BCUT2D eigenvalue weighted by molar-refractivity contribution is 5.69. The predicted molar refractivity (Wildman–Crippen MR) is 51.4 cm³/mol. The lowest BCUT2D eigenvalue weighted by molar-refractivity contribution is -0.140. The number of carbonyl (C=O) groups excluding carboxylic acids is 1. The zero-order valence-corrected chi connectivity index (χ0v) is 8.14. The van der Waals surface area contributed by atoms with Gasteiger partial charge in [0.1, 0.15) is 0 Å². The molecule has 4 N–H and O–H groups in total. The van der Waals surface area contributed by atoms with E-state index in [2.05, 4.69) is 15.4 Å². The van der Waals surface area contributed by atoms with Gasteiger partial charge in [0, 0.05) is 32.7 Å². The fourth-order valence-corrected chi connectivity index (χ4v) is 0.821. The molecule has 0 heterocycles. The molecular formula is C8H19N3O2. The molecule has 0 spiro atoms. The van der Waals surface area contributed by atoms with Crippen LogP contribution in [0.4, 0.5) is 0 Å². The number of carbonyl (C=O) groups is 1. The number of ether oxygens (including phenoxy) is 1. The van der Waals surface area contributed by atoms with Gasteiger partial charge in [0.25, 0.3) is 0 Å². The van der Waals surface area contributed by atoms with Gasteiger partial charge in [-0.3, -0.25) is 4.79 Å².